The van der Waals surface area contributed by atoms with E-state index in [1.54, 1.807) is 19.2 Å². The van der Waals surface area contributed by atoms with E-state index in [9.17, 15) is 19.7 Å². The van der Waals surface area contributed by atoms with Gasteiger partial charge in [0.25, 0.3) is 5.69 Å². The quantitative estimate of drug-likeness (QED) is 0.557. The van der Waals surface area contributed by atoms with Gasteiger partial charge in [-0.25, -0.2) is 0 Å². The molecule has 152 valence electrons. The van der Waals surface area contributed by atoms with Crippen LogP contribution in [0.1, 0.15) is 50.0 Å². The Kier molecular flexibility index (Phi) is 5.32. The Bertz CT molecular complexity index is 902. The van der Waals surface area contributed by atoms with E-state index in [4.69, 9.17) is 4.74 Å². The van der Waals surface area contributed by atoms with Gasteiger partial charge < -0.3 is 9.64 Å². The molecule has 7 heteroatoms. The lowest BCUT2D eigenvalue weighted by Gasteiger charge is -2.43. The number of ether oxygens (including phenoxy) is 1. The molecule has 2 aliphatic carbocycles. The second kappa shape index (κ2) is 7.91. The van der Waals surface area contributed by atoms with E-state index < -0.39 is 10.8 Å². The van der Waals surface area contributed by atoms with Crippen LogP contribution in [0.25, 0.3) is 0 Å². The van der Waals surface area contributed by atoms with Gasteiger partial charge in [0.1, 0.15) is 0 Å². The topological polar surface area (TPSA) is 89.8 Å². The van der Waals surface area contributed by atoms with Crippen LogP contribution in [0.5, 0.6) is 0 Å². The molecule has 0 spiro atoms. The second-order valence-electron chi connectivity index (χ2n) is 7.70. The molecule has 1 aliphatic heterocycles. The van der Waals surface area contributed by atoms with Gasteiger partial charge >= 0.3 is 0 Å². The molecule has 0 aromatic heterocycles. The number of nitro benzene ring substituents is 1. The molecule has 0 atom stereocenters. The maximum Gasteiger partial charge on any atom is 0.269 e. The fourth-order valence-electron chi connectivity index (χ4n) is 4.82. The molecule has 0 radical (unpaired) electrons. The number of non-ortho nitro benzene ring substituents is 1. The van der Waals surface area contributed by atoms with Crippen LogP contribution in [0.3, 0.4) is 0 Å². The average molecular weight is 396 g/mol. The molecule has 0 N–H and O–H groups in total. The van der Waals surface area contributed by atoms with E-state index in [1.165, 1.54) is 12.1 Å². The third-order valence-corrected chi connectivity index (χ3v) is 6.02. The molecular formula is C22H24N2O5. The van der Waals surface area contributed by atoms with E-state index in [0.717, 1.165) is 37.1 Å². The van der Waals surface area contributed by atoms with Crippen LogP contribution in [0.15, 0.2) is 46.8 Å². The number of ketones is 2. The van der Waals surface area contributed by atoms with Crippen LogP contribution in [0.4, 0.5) is 5.69 Å². The number of nitrogens with zero attached hydrogens (tertiary/aromatic N) is 2. The van der Waals surface area contributed by atoms with Crippen molar-refractivity contribution < 1.29 is 19.2 Å². The summed E-state index contributed by atoms with van der Waals surface area (Å²) < 4.78 is 5.28. The SMILES string of the molecule is COCCN1C2=C(C(=O)CCC2)C(c2cccc([N+](=O)[O-])c2)C2=C1CCCC2=O. The Labute approximate surface area is 169 Å². The monoisotopic (exact) mass is 396 g/mol. The molecule has 0 saturated heterocycles. The Morgan fingerprint density at radius 1 is 1.07 bits per heavy atom. The molecule has 29 heavy (non-hydrogen) atoms. The van der Waals surface area contributed by atoms with E-state index in [-0.39, 0.29) is 17.3 Å². The molecule has 0 saturated carbocycles. The molecule has 4 rings (SSSR count). The number of rotatable bonds is 5. The minimum Gasteiger partial charge on any atom is -0.383 e. The average Bonchev–Trinajstić information content (AvgIpc) is 2.72. The highest BCUT2D eigenvalue weighted by Crippen LogP contribution is 2.49. The van der Waals surface area contributed by atoms with Gasteiger partial charge in [-0.15, -0.1) is 0 Å². The number of nitro groups is 1. The van der Waals surface area contributed by atoms with Gasteiger partial charge in [-0.05, 0) is 31.2 Å². The zero-order valence-electron chi connectivity index (χ0n) is 16.5. The van der Waals surface area contributed by atoms with Gasteiger partial charge in [0, 0.05) is 67.1 Å². The maximum absolute atomic E-state index is 13.0. The summed E-state index contributed by atoms with van der Waals surface area (Å²) in [5.74, 6) is -0.440. The fourth-order valence-corrected chi connectivity index (χ4v) is 4.82. The molecular weight excluding hydrogens is 372 g/mol. The van der Waals surface area contributed by atoms with Gasteiger partial charge in [0.2, 0.25) is 0 Å². The molecule has 0 amide bonds. The Morgan fingerprint density at radius 3 is 2.24 bits per heavy atom. The van der Waals surface area contributed by atoms with E-state index in [1.807, 2.05) is 0 Å². The molecule has 0 bridgehead atoms. The number of carbonyl (C=O) groups is 2. The molecule has 3 aliphatic rings. The third kappa shape index (κ3) is 3.40. The lowest BCUT2D eigenvalue weighted by atomic mass is 9.71. The number of hydrogen-bond acceptors (Lipinski definition) is 6. The van der Waals surface area contributed by atoms with Crippen LogP contribution in [0.2, 0.25) is 0 Å². The molecule has 0 unspecified atom stereocenters. The summed E-state index contributed by atoms with van der Waals surface area (Å²) in [6.07, 6.45) is 3.97. The summed E-state index contributed by atoms with van der Waals surface area (Å²) >= 11 is 0. The van der Waals surface area contributed by atoms with Crippen LogP contribution in [-0.4, -0.2) is 41.7 Å². The highest BCUT2D eigenvalue weighted by atomic mass is 16.6. The first-order valence-corrected chi connectivity index (χ1v) is 10.1. The summed E-state index contributed by atoms with van der Waals surface area (Å²) in [7, 11) is 1.64. The summed E-state index contributed by atoms with van der Waals surface area (Å²) in [4.78, 5) is 39.1. The van der Waals surface area contributed by atoms with Crippen molar-refractivity contribution in [1.82, 2.24) is 4.90 Å². The third-order valence-electron chi connectivity index (χ3n) is 6.02. The zero-order chi connectivity index (χ0) is 20.5. The van der Waals surface area contributed by atoms with Gasteiger partial charge in [-0.1, -0.05) is 12.1 Å². The van der Waals surface area contributed by atoms with Crippen LogP contribution >= 0.6 is 0 Å². The number of benzene rings is 1. The number of carbonyl (C=O) groups excluding carboxylic acids is 2. The minimum atomic E-state index is -0.515. The Balaban J connectivity index is 1.93. The highest BCUT2D eigenvalue weighted by Gasteiger charge is 2.43. The minimum absolute atomic E-state index is 0.0277. The van der Waals surface area contributed by atoms with Crippen molar-refractivity contribution in [2.75, 3.05) is 20.3 Å². The van der Waals surface area contributed by atoms with Crippen LogP contribution in [0, 0.1) is 10.1 Å². The number of allylic oxidation sites excluding steroid dienone is 4. The van der Waals surface area contributed by atoms with E-state index >= 15 is 0 Å². The van der Waals surface area contributed by atoms with E-state index in [0.29, 0.717) is 42.7 Å². The second-order valence-corrected chi connectivity index (χ2v) is 7.70. The normalized spacial score (nSPS) is 20.1. The van der Waals surface area contributed by atoms with Crippen molar-refractivity contribution in [3.05, 3.63) is 62.5 Å². The fraction of sp³-hybridized carbons (Fsp3) is 0.455. The van der Waals surface area contributed by atoms with Gasteiger partial charge in [-0.2, -0.15) is 0 Å². The van der Waals surface area contributed by atoms with E-state index in [2.05, 4.69) is 4.90 Å². The number of hydrogen-bond donors (Lipinski definition) is 0. The number of methoxy groups -OCH3 is 1. The lowest BCUT2D eigenvalue weighted by molar-refractivity contribution is -0.384. The standard InChI is InChI=1S/C22H24N2O5/c1-29-12-11-23-16-7-3-9-18(25)21(16)20(22-17(23)8-4-10-19(22)26)14-5-2-6-15(13-14)24(27)28/h2,5-6,13,20H,3-4,7-12H2,1H3. The Hall–Kier alpha value is -2.80. The predicted molar refractivity (Wildman–Crippen MR) is 106 cm³/mol. The van der Waals surface area contributed by atoms with Gasteiger partial charge in [0.15, 0.2) is 11.6 Å². The summed E-state index contributed by atoms with van der Waals surface area (Å²) in [5.41, 5.74) is 3.83. The first-order valence-electron chi connectivity index (χ1n) is 10.1. The van der Waals surface area contributed by atoms with Crippen molar-refractivity contribution in [1.29, 1.82) is 0 Å². The molecule has 1 aromatic carbocycles. The van der Waals surface area contributed by atoms with Crippen molar-refractivity contribution >= 4 is 17.3 Å². The summed E-state index contributed by atoms with van der Waals surface area (Å²) in [5, 5.41) is 11.3. The molecule has 7 nitrogen and oxygen atoms in total. The van der Waals surface area contributed by atoms with Crippen LogP contribution in [-0.2, 0) is 14.3 Å². The van der Waals surface area contributed by atoms with Gasteiger partial charge in [-0.3, -0.25) is 19.7 Å². The van der Waals surface area contributed by atoms with Gasteiger partial charge in [0.05, 0.1) is 11.5 Å². The predicted octanol–water partition coefficient (Wildman–Crippen LogP) is 3.65. The van der Waals surface area contributed by atoms with Crippen molar-refractivity contribution in [3.8, 4) is 0 Å². The van der Waals surface area contributed by atoms with Crippen molar-refractivity contribution in [2.24, 2.45) is 0 Å². The summed E-state index contributed by atoms with van der Waals surface area (Å²) in [6, 6.07) is 6.37. The first kappa shape index (κ1) is 19.5. The zero-order valence-corrected chi connectivity index (χ0v) is 16.5. The largest absolute Gasteiger partial charge is 0.383 e. The summed E-state index contributed by atoms with van der Waals surface area (Å²) in [6.45, 7) is 1.09. The van der Waals surface area contributed by atoms with Crippen LogP contribution < -0.4 is 0 Å². The smallest absolute Gasteiger partial charge is 0.269 e. The lowest BCUT2D eigenvalue weighted by Crippen LogP contribution is -2.40. The molecule has 1 heterocycles. The van der Waals surface area contributed by atoms with Crippen molar-refractivity contribution in [3.63, 3.8) is 0 Å². The maximum atomic E-state index is 13.0. The highest BCUT2D eigenvalue weighted by molar-refractivity contribution is 6.06. The molecule has 1 aromatic rings. The Morgan fingerprint density at radius 2 is 1.69 bits per heavy atom. The first-order chi connectivity index (χ1) is 14.0. The molecule has 0 fully saturated rings. The van der Waals surface area contributed by atoms with Crippen molar-refractivity contribution in [2.45, 2.75) is 44.4 Å². The number of Topliss-reactive ketones (excluding diaryl/α,β-unsaturated/α-hetero) is 2.